The summed E-state index contributed by atoms with van der Waals surface area (Å²) in [6, 6.07) is 5.76. The molecule has 0 saturated carbocycles. The third kappa shape index (κ3) is 1.59. The third-order valence-corrected chi connectivity index (χ3v) is 2.88. The molecule has 1 aromatic carbocycles. The lowest BCUT2D eigenvalue weighted by Gasteiger charge is -2.40. The van der Waals surface area contributed by atoms with E-state index in [1.54, 1.807) is 0 Å². The van der Waals surface area contributed by atoms with Gasteiger partial charge in [0, 0.05) is 13.1 Å². The molecule has 86 valence electrons. The van der Waals surface area contributed by atoms with Crippen molar-refractivity contribution >= 4 is 0 Å². The highest BCUT2D eigenvalue weighted by Gasteiger charge is 2.35. The molecule has 0 aromatic heterocycles. The molecule has 2 aliphatic rings. The lowest BCUT2D eigenvalue weighted by atomic mass is 10.00. The van der Waals surface area contributed by atoms with Gasteiger partial charge in [-0.15, -0.1) is 0 Å². The Bertz CT molecular complexity index is 401. The van der Waals surface area contributed by atoms with E-state index in [0.717, 1.165) is 30.3 Å². The van der Waals surface area contributed by atoms with Gasteiger partial charge in [-0.3, -0.25) is 0 Å². The van der Waals surface area contributed by atoms with Crippen molar-refractivity contribution in [2.24, 2.45) is 0 Å². The number of rotatable bonds is 2. The predicted octanol–water partition coefficient (Wildman–Crippen LogP) is 1.20. The van der Waals surface area contributed by atoms with Gasteiger partial charge in [-0.05, 0) is 19.1 Å². The second kappa shape index (κ2) is 3.56. The summed E-state index contributed by atoms with van der Waals surface area (Å²) in [5.74, 6) is 2.29. The highest BCUT2D eigenvalue weighted by atomic mass is 16.6. The summed E-state index contributed by atoms with van der Waals surface area (Å²) in [4.78, 5) is 0. The number of nitrogens with one attached hydrogen (secondary N) is 1. The summed E-state index contributed by atoms with van der Waals surface area (Å²) in [5.41, 5.74) is -0.115. The van der Waals surface area contributed by atoms with E-state index in [1.807, 2.05) is 18.2 Å². The lowest BCUT2D eigenvalue weighted by Crippen LogP contribution is -2.61. The Morgan fingerprint density at radius 2 is 2.06 bits per heavy atom. The fourth-order valence-electron chi connectivity index (χ4n) is 1.94. The van der Waals surface area contributed by atoms with Gasteiger partial charge in [0.05, 0.1) is 0 Å². The van der Waals surface area contributed by atoms with Crippen LogP contribution in [0.15, 0.2) is 18.2 Å². The van der Waals surface area contributed by atoms with Crippen molar-refractivity contribution in [3.63, 3.8) is 0 Å². The van der Waals surface area contributed by atoms with Crippen molar-refractivity contribution in [2.45, 2.75) is 12.5 Å². The van der Waals surface area contributed by atoms with Gasteiger partial charge in [-0.1, -0.05) is 6.07 Å². The summed E-state index contributed by atoms with van der Waals surface area (Å²) in [5, 5.41) is 3.20. The van der Waals surface area contributed by atoms with Gasteiger partial charge in [-0.25, -0.2) is 0 Å². The van der Waals surface area contributed by atoms with Crippen molar-refractivity contribution in [3.8, 4) is 17.2 Å². The van der Waals surface area contributed by atoms with Crippen LogP contribution in [0.1, 0.15) is 6.92 Å². The molecule has 4 nitrogen and oxygen atoms in total. The maximum atomic E-state index is 5.97. The minimum Gasteiger partial charge on any atom is -0.486 e. The Morgan fingerprint density at radius 3 is 2.81 bits per heavy atom. The van der Waals surface area contributed by atoms with E-state index in [1.165, 1.54) is 0 Å². The summed E-state index contributed by atoms with van der Waals surface area (Å²) in [6.45, 7) is 5.03. The molecule has 4 heteroatoms. The molecule has 0 bridgehead atoms. The lowest BCUT2D eigenvalue weighted by molar-refractivity contribution is 0.0293. The highest BCUT2D eigenvalue weighted by molar-refractivity contribution is 5.52. The second-order valence-electron chi connectivity index (χ2n) is 4.44. The van der Waals surface area contributed by atoms with Crippen molar-refractivity contribution in [1.82, 2.24) is 5.32 Å². The first kappa shape index (κ1) is 9.78. The van der Waals surface area contributed by atoms with E-state index in [9.17, 15) is 0 Å². The van der Waals surface area contributed by atoms with Crippen LogP contribution in [0, 0.1) is 0 Å². The summed E-state index contributed by atoms with van der Waals surface area (Å²) < 4.78 is 17.1. The smallest absolute Gasteiger partial charge is 0.203 e. The maximum Gasteiger partial charge on any atom is 0.203 e. The van der Waals surface area contributed by atoms with Crippen LogP contribution in [-0.2, 0) is 0 Å². The minimum atomic E-state index is -0.115. The van der Waals surface area contributed by atoms with Crippen molar-refractivity contribution in [3.05, 3.63) is 18.2 Å². The van der Waals surface area contributed by atoms with Crippen LogP contribution in [0.25, 0.3) is 0 Å². The molecule has 1 aromatic rings. The Balaban J connectivity index is 1.88. The van der Waals surface area contributed by atoms with Crippen LogP contribution in [-0.4, -0.2) is 31.9 Å². The molecule has 1 N–H and O–H groups in total. The first-order chi connectivity index (χ1) is 7.77. The molecule has 0 unspecified atom stereocenters. The molecule has 0 spiro atoms. The zero-order valence-electron chi connectivity index (χ0n) is 9.29. The molecular formula is C12H15NO3. The predicted molar refractivity (Wildman–Crippen MR) is 59.3 cm³/mol. The van der Waals surface area contributed by atoms with Crippen LogP contribution >= 0.6 is 0 Å². The minimum absolute atomic E-state index is 0.115. The SMILES string of the molecule is CC1(Oc2cccc3c2OCCO3)CNC1. The van der Waals surface area contributed by atoms with Gasteiger partial charge in [0.25, 0.3) is 0 Å². The quantitative estimate of drug-likeness (QED) is 0.814. The Morgan fingerprint density at radius 1 is 1.25 bits per heavy atom. The molecule has 0 radical (unpaired) electrons. The Hall–Kier alpha value is -1.42. The second-order valence-corrected chi connectivity index (χ2v) is 4.44. The zero-order valence-corrected chi connectivity index (χ0v) is 9.29. The molecule has 2 aliphatic heterocycles. The van der Waals surface area contributed by atoms with Crippen LogP contribution in [0.4, 0.5) is 0 Å². The molecule has 1 fully saturated rings. The van der Waals surface area contributed by atoms with Crippen molar-refractivity contribution in [2.75, 3.05) is 26.3 Å². The molecule has 0 amide bonds. The zero-order chi connectivity index (χ0) is 11.0. The first-order valence-corrected chi connectivity index (χ1v) is 5.55. The van der Waals surface area contributed by atoms with Gasteiger partial charge in [0.1, 0.15) is 18.8 Å². The number of ether oxygens (including phenoxy) is 3. The summed E-state index contributed by atoms with van der Waals surface area (Å²) >= 11 is 0. The number of fused-ring (bicyclic) bond motifs is 1. The molecule has 1 saturated heterocycles. The molecule has 3 rings (SSSR count). The fraction of sp³-hybridized carbons (Fsp3) is 0.500. The van der Waals surface area contributed by atoms with Crippen LogP contribution < -0.4 is 19.5 Å². The average Bonchev–Trinajstić information content (AvgIpc) is 2.27. The summed E-state index contributed by atoms with van der Waals surface area (Å²) in [6.07, 6.45) is 0. The fourth-order valence-corrected chi connectivity index (χ4v) is 1.94. The molecule has 0 atom stereocenters. The maximum absolute atomic E-state index is 5.97. The van der Waals surface area contributed by atoms with Crippen molar-refractivity contribution in [1.29, 1.82) is 0 Å². The van der Waals surface area contributed by atoms with E-state index in [2.05, 4.69) is 12.2 Å². The van der Waals surface area contributed by atoms with Gasteiger partial charge >= 0.3 is 0 Å². The number of para-hydroxylation sites is 1. The van der Waals surface area contributed by atoms with E-state index < -0.39 is 0 Å². The molecule has 0 aliphatic carbocycles. The Labute approximate surface area is 94.5 Å². The third-order valence-electron chi connectivity index (χ3n) is 2.88. The van der Waals surface area contributed by atoms with Gasteiger partial charge in [0.15, 0.2) is 11.5 Å². The van der Waals surface area contributed by atoms with Gasteiger partial charge in [-0.2, -0.15) is 0 Å². The summed E-state index contributed by atoms with van der Waals surface area (Å²) in [7, 11) is 0. The van der Waals surface area contributed by atoms with Gasteiger partial charge < -0.3 is 19.5 Å². The Kier molecular flexibility index (Phi) is 2.17. The molecular weight excluding hydrogens is 206 g/mol. The van der Waals surface area contributed by atoms with Crippen LogP contribution in [0.2, 0.25) is 0 Å². The first-order valence-electron chi connectivity index (χ1n) is 5.55. The normalized spacial score (nSPS) is 21.1. The van der Waals surface area contributed by atoms with Gasteiger partial charge in [0.2, 0.25) is 5.75 Å². The number of benzene rings is 1. The largest absolute Gasteiger partial charge is 0.486 e. The number of hydrogen-bond donors (Lipinski definition) is 1. The van der Waals surface area contributed by atoms with Crippen LogP contribution in [0.5, 0.6) is 17.2 Å². The van der Waals surface area contributed by atoms with E-state index in [-0.39, 0.29) is 5.60 Å². The average molecular weight is 221 g/mol. The van der Waals surface area contributed by atoms with Crippen molar-refractivity contribution < 1.29 is 14.2 Å². The standard InChI is InChI=1S/C12H15NO3/c1-12(7-13-8-12)16-10-4-2-3-9-11(10)15-6-5-14-9/h2-4,13H,5-8H2,1H3. The highest BCUT2D eigenvalue weighted by Crippen LogP contribution is 2.40. The monoisotopic (exact) mass is 221 g/mol. The topological polar surface area (TPSA) is 39.7 Å². The molecule has 2 heterocycles. The van der Waals surface area contributed by atoms with E-state index >= 15 is 0 Å². The van der Waals surface area contributed by atoms with E-state index in [0.29, 0.717) is 13.2 Å². The van der Waals surface area contributed by atoms with E-state index in [4.69, 9.17) is 14.2 Å². The van der Waals surface area contributed by atoms with Crippen LogP contribution in [0.3, 0.4) is 0 Å². The number of hydrogen-bond acceptors (Lipinski definition) is 4. The molecule has 16 heavy (non-hydrogen) atoms.